The molecule has 0 unspecified atom stereocenters. The van der Waals surface area contributed by atoms with Crippen LogP contribution in [0, 0.1) is 0 Å². The lowest BCUT2D eigenvalue weighted by Crippen LogP contribution is -2.40. The number of aliphatic imine (C=N–C) groups is 1. The molecule has 0 atom stereocenters. The minimum atomic E-state index is -4.37. The Morgan fingerprint density at radius 2 is 2.22 bits per heavy atom. The minimum absolute atomic E-state index is 0. The van der Waals surface area contributed by atoms with Gasteiger partial charge < -0.3 is 10.2 Å². The molecule has 4 nitrogen and oxygen atoms in total. The zero-order valence-electron chi connectivity index (χ0n) is 13.2. The first-order valence-corrected chi connectivity index (χ1v) is 7.80. The van der Waals surface area contributed by atoms with Crippen LogP contribution in [0.5, 0.6) is 0 Å². The van der Waals surface area contributed by atoms with E-state index in [1.54, 1.807) is 7.05 Å². The number of unbranched alkanes of at least 4 members (excludes halogenated alkanes) is 1. The second kappa shape index (κ2) is 10.8. The molecule has 0 bridgehead atoms. The summed E-state index contributed by atoms with van der Waals surface area (Å²) in [5, 5.41) is 4.64. The van der Waals surface area contributed by atoms with Gasteiger partial charge in [-0.3, -0.25) is 4.99 Å². The summed E-state index contributed by atoms with van der Waals surface area (Å²) in [6, 6.07) is 0. The molecule has 0 radical (unpaired) electrons. The largest absolute Gasteiger partial charge is 0.434 e. The van der Waals surface area contributed by atoms with Gasteiger partial charge >= 0.3 is 6.18 Å². The topological polar surface area (TPSA) is 40.5 Å². The van der Waals surface area contributed by atoms with Gasteiger partial charge in [-0.05, 0) is 12.8 Å². The molecule has 1 aromatic rings. The van der Waals surface area contributed by atoms with E-state index in [9.17, 15) is 13.2 Å². The van der Waals surface area contributed by atoms with Gasteiger partial charge in [0.25, 0.3) is 0 Å². The van der Waals surface area contributed by atoms with E-state index < -0.39 is 11.9 Å². The fraction of sp³-hybridized carbons (Fsp3) is 0.571. The summed E-state index contributed by atoms with van der Waals surface area (Å²) in [5.74, 6) is 0.719. The first-order chi connectivity index (χ1) is 10.4. The van der Waals surface area contributed by atoms with Crippen LogP contribution in [0.3, 0.4) is 0 Å². The standard InChI is InChI=1S/C14H21F3N4S.HI/c1-4-5-6-9-21(3)13(18-2)19-8-7-12-20-11(10-22-12)14(15,16)17;/h4,10H,1,5-9H2,2-3H3,(H,18,19);1H. The SMILES string of the molecule is C=CCCCN(C)C(=NC)NCCc1nc(C(F)(F)F)cs1.I. The van der Waals surface area contributed by atoms with Crippen LogP contribution in [0.15, 0.2) is 23.0 Å². The lowest BCUT2D eigenvalue weighted by molar-refractivity contribution is -0.140. The van der Waals surface area contributed by atoms with E-state index in [0.717, 1.165) is 42.1 Å². The number of aromatic nitrogens is 1. The highest BCUT2D eigenvalue weighted by Gasteiger charge is 2.33. The van der Waals surface area contributed by atoms with Crippen LogP contribution in [0.4, 0.5) is 13.2 Å². The molecule has 0 saturated heterocycles. The van der Waals surface area contributed by atoms with Crippen molar-refractivity contribution >= 4 is 41.3 Å². The lowest BCUT2D eigenvalue weighted by Gasteiger charge is -2.21. The van der Waals surface area contributed by atoms with E-state index in [1.165, 1.54) is 0 Å². The van der Waals surface area contributed by atoms with Gasteiger partial charge in [0.05, 0.1) is 5.01 Å². The average Bonchev–Trinajstić information content (AvgIpc) is 2.92. The Bertz CT molecular complexity index is 502. The molecule has 0 aliphatic heterocycles. The number of alkyl halides is 3. The molecule has 0 amide bonds. The maximum absolute atomic E-state index is 12.5. The number of nitrogens with one attached hydrogen (secondary N) is 1. The zero-order valence-corrected chi connectivity index (χ0v) is 16.3. The highest BCUT2D eigenvalue weighted by Crippen LogP contribution is 2.29. The Kier molecular flexibility index (Phi) is 10.4. The number of allylic oxidation sites excluding steroid dienone is 1. The molecule has 1 heterocycles. The van der Waals surface area contributed by atoms with Gasteiger partial charge in [-0.1, -0.05) is 6.08 Å². The summed E-state index contributed by atoms with van der Waals surface area (Å²) in [7, 11) is 3.60. The van der Waals surface area contributed by atoms with E-state index >= 15 is 0 Å². The molecule has 0 aromatic carbocycles. The number of hydrogen-bond acceptors (Lipinski definition) is 3. The molecule has 1 N–H and O–H groups in total. The predicted octanol–water partition coefficient (Wildman–Crippen LogP) is 3.80. The van der Waals surface area contributed by atoms with Crippen LogP contribution in [0.1, 0.15) is 23.5 Å². The molecule has 9 heteroatoms. The van der Waals surface area contributed by atoms with Crippen molar-refractivity contribution in [1.29, 1.82) is 0 Å². The quantitative estimate of drug-likeness (QED) is 0.221. The Morgan fingerprint density at radius 1 is 1.52 bits per heavy atom. The molecular formula is C14H22F3IN4S. The zero-order chi connectivity index (χ0) is 16.6. The van der Waals surface area contributed by atoms with Crippen molar-refractivity contribution < 1.29 is 13.2 Å². The summed E-state index contributed by atoms with van der Waals surface area (Å²) in [6.45, 7) is 5.00. The van der Waals surface area contributed by atoms with E-state index in [2.05, 4.69) is 21.9 Å². The van der Waals surface area contributed by atoms with Crippen molar-refractivity contribution in [3.63, 3.8) is 0 Å². The molecule has 1 aromatic heterocycles. The number of guanidine groups is 1. The van der Waals surface area contributed by atoms with Crippen molar-refractivity contribution in [1.82, 2.24) is 15.2 Å². The van der Waals surface area contributed by atoms with Gasteiger partial charge in [0.1, 0.15) is 0 Å². The van der Waals surface area contributed by atoms with Crippen LogP contribution in [0.25, 0.3) is 0 Å². The minimum Gasteiger partial charge on any atom is -0.356 e. The summed E-state index contributed by atoms with van der Waals surface area (Å²) in [4.78, 5) is 9.73. The van der Waals surface area contributed by atoms with Crippen molar-refractivity contribution in [3.8, 4) is 0 Å². The normalized spacial score (nSPS) is 11.8. The number of nitrogens with zero attached hydrogens (tertiary/aromatic N) is 3. The maximum Gasteiger partial charge on any atom is 0.434 e. The van der Waals surface area contributed by atoms with Crippen molar-refractivity contribution in [2.45, 2.75) is 25.4 Å². The van der Waals surface area contributed by atoms with Gasteiger partial charge in [0, 0.05) is 39.0 Å². The van der Waals surface area contributed by atoms with E-state index in [0.29, 0.717) is 18.0 Å². The smallest absolute Gasteiger partial charge is 0.356 e. The highest BCUT2D eigenvalue weighted by molar-refractivity contribution is 14.0. The fourth-order valence-electron chi connectivity index (χ4n) is 1.80. The number of thiazole rings is 1. The lowest BCUT2D eigenvalue weighted by atomic mass is 10.3. The van der Waals surface area contributed by atoms with Crippen LogP contribution in [-0.2, 0) is 12.6 Å². The molecule has 0 aliphatic carbocycles. The summed E-state index contributed by atoms with van der Waals surface area (Å²) in [6.07, 6.45) is -0.169. The summed E-state index contributed by atoms with van der Waals surface area (Å²) >= 11 is 1.03. The third-order valence-electron chi connectivity index (χ3n) is 2.94. The third-order valence-corrected chi connectivity index (χ3v) is 3.85. The first kappa shape index (κ1) is 22.2. The van der Waals surface area contributed by atoms with Crippen LogP contribution < -0.4 is 5.32 Å². The molecule has 0 saturated carbocycles. The van der Waals surface area contributed by atoms with Crippen LogP contribution in [0.2, 0.25) is 0 Å². The third kappa shape index (κ3) is 8.00. The molecule has 132 valence electrons. The van der Waals surface area contributed by atoms with E-state index in [4.69, 9.17) is 0 Å². The molecule has 0 fully saturated rings. The van der Waals surface area contributed by atoms with Crippen molar-refractivity contribution in [2.24, 2.45) is 4.99 Å². The predicted molar refractivity (Wildman–Crippen MR) is 99.7 cm³/mol. The van der Waals surface area contributed by atoms with E-state index in [-0.39, 0.29) is 24.0 Å². The van der Waals surface area contributed by atoms with Gasteiger partial charge in [-0.2, -0.15) is 13.2 Å². The van der Waals surface area contributed by atoms with Gasteiger partial charge in [0.15, 0.2) is 11.7 Å². The second-order valence-electron chi connectivity index (χ2n) is 4.70. The van der Waals surface area contributed by atoms with E-state index in [1.807, 2.05) is 18.0 Å². The Morgan fingerprint density at radius 3 is 2.74 bits per heavy atom. The number of rotatable bonds is 7. The number of halogens is 4. The molecule has 23 heavy (non-hydrogen) atoms. The van der Waals surface area contributed by atoms with Gasteiger partial charge in [0.2, 0.25) is 0 Å². The molecule has 0 spiro atoms. The molecule has 0 aliphatic rings. The summed E-state index contributed by atoms with van der Waals surface area (Å²) in [5.41, 5.74) is -0.821. The molecular weight excluding hydrogens is 440 g/mol. The number of hydrogen-bond donors (Lipinski definition) is 1. The Balaban J connectivity index is 0.00000484. The van der Waals surface area contributed by atoms with Crippen LogP contribution >= 0.6 is 35.3 Å². The monoisotopic (exact) mass is 462 g/mol. The fourth-order valence-corrected chi connectivity index (χ4v) is 2.61. The maximum atomic E-state index is 12.5. The first-order valence-electron chi connectivity index (χ1n) is 6.92. The summed E-state index contributed by atoms with van der Waals surface area (Å²) < 4.78 is 37.4. The van der Waals surface area contributed by atoms with Crippen molar-refractivity contribution in [3.05, 3.63) is 28.7 Å². The van der Waals surface area contributed by atoms with Gasteiger partial charge in [-0.25, -0.2) is 4.98 Å². The highest BCUT2D eigenvalue weighted by atomic mass is 127. The molecule has 1 rings (SSSR count). The van der Waals surface area contributed by atoms with Gasteiger partial charge in [-0.15, -0.1) is 41.9 Å². The van der Waals surface area contributed by atoms with Crippen molar-refractivity contribution in [2.75, 3.05) is 27.2 Å². The Hall–Kier alpha value is -0.840. The average molecular weight is 462 g/mol. The van der Waals surface area contributed by atoms with Crippen LogP contribution in [-0.4, -0.2) is 43.0 Å². The Labute approximate surface area is 155 Å². The second-order valence-corrected chi connectivity index (χ2v) is 5.64.